The van der Waals surface area contributed by atoms with Gasteiger partial charge in [0.15, 0.2) is 0 Å². The molecular formula is C12H18N4S. The molecule has 0 spiro atoms. The number of nitrogens with two attached hydrogens (primary N) is 1. The Morgan fingerprint density at radius 1 is 1.47 bits per heavy atom. The highest BCUT2D eigenvalue weighted by molar-refractivity contribution is 7.80. The predicted molar refractivity (Wildman–Crippen MR) is 73.1 cm³/mol. The molecule has 0 amide bonds. The third-order valence-corrected chi connectivity index (χ3v) is 3.09. The SMILES string of the molecule is CCCN(CC1CC1)c1cnc(C(N)=S)cn1. The fraction of sp³-hybridized carbons (Fsp3) is 0.583. The number of thiocarbonyl (C=S) groups is 1. The highest BCUT2D eigenvalue weighted by atomic mass is 32.1. The molecule has 0 radical (unpaired) electrons. The van der Waals surface area contributed by atoms with Gasteiger partial charge in [-0.25, -0.2) is 9.97 Å². The number of hydrogen-bond acceptors (Lipinski definition) is 4. The monoisotopic (exact) mass is 250 g/mol. The highest BCUT2D eigenvalue weighted by Crippen LogP contribution is 2.30. The molecule has 0 unspecified atom stereocenters. The van der Waals surface area contributed by atoms with E-state index in [0.29, 0.717) is 10.7 Å². The first-order valence-electron chi connectivity index (χ1n) is 6.07. The maximum absolute atomic E-state index is 5.50. The van der Waals surface area contributed by atoms with Crippen LogP contribution in [0.5, 0.6) is 0 Å². The minimum atomic E-state index is 0.299. The van der Waals surface area contributed by atoms with E-state index in [1.54, 1.807) is 12.4 Å². The van der Waals surface area contributed by atoms with Gasteiger partial charge in [0.05, 0.1) is 12.4 Å². The molecule has 92 valence electrons. The maximum Gasteiger partial charge on any atom is 0.147 e. The van der Waals surface area contributed by atoms with Crippen molar-refractivity contribution in [1.82, 2.24) is 9.97 Å². The van der Waals surface area contributed by atoms with Crippen LogP contribution in [0.15, 0.2) is 12.4 Å². The van der Waals surface area contributed by atoms with E-state index in [1.807, 2.05) is 0 Å². The molecule has 1 fully saturated rings. The van der Waals surface area contributed by atoms with Crippen molar-refractivity contribution >= 4 is 23.0 Å². The summed E-state index contributed by atoms with van der Waals surface area (Å²) in [7, 11) is 0. The van der Waals surface area contributed by atoms with E-state index in [9.17, 15) is 0 Å². The molecule has 5 heteroatoms. The van der Waals surface area contributed by atoms with Crippen molar-refractivity contribution in [3.63, 3.8) is 0 Å². The molecule has 0 bridgehead atoms. The molecule has 1 aliphatic rings. The summed E-state index contributed by atoms with van der Waals surface area (Å²) in [5, 5.41) is 0. The molecule has 0 saturated heterocycles. The van der Waals surface area contributed by atoms with Gasteiger partial charge in [-0.05, 0) is 25.2 Å². The van der Waals surface area contributed by atoms with Gasteiger partial charge in [0.25, 0.3) is 0 Å². The number of aromatic nitrogens is 2. The van der Waals surface area contributed by atoms with Crippen molar-refractivity contribution in [3.05, 3.63) is 18.1 Å². The van der Waals surface area contributed by atoms with E-state index in [4.69, 9.17) is 18.0 Å². The van der Waals surface area contributed by atoms with Crippen LogP contribution in [-0.4, -0.2) is 28.0 Å². The molecule has 0 aromatic carbocycles. The molecule has 2 rings (SSSR count). The second-order valence-electron chi connectivity index (χ2n) is 4.51. The van der Waals surface area contributed by atoms with Gasteiger partial charge in [0, 0.05) is 13.1 Å². The number of nitrogens with zero attached hydrogens (tertiary/aromatic N) is 3. The van der Waals surface area contributed by atoms with E-state index in [1.165, 1.54) is 12.8 Å². The predicted octanol–water partition coefficient (Wildman–Crippen LogP) is 1.74. The van der Waals surface area contributed by atoms with Crippen molar-refractivity contribution < 1.29 is 0 Å². The summed E-state index contributed by atoms with van der Waals surface area (Å²) < 4.78 is 0. The minimum absolute atomic E-state index is 0.299. The van der Waals surface area contributed by atoms with Crippen LogP contribution in [0.25, 0.3) is 0 Å². The van der Waals surface area contributed by atoms with Crippen LogP contribution < -0.4 is 10.6 Å². The standard InChI is InChI=1S/C12H18N4S/c1-2-5-16(8-9-3-4-9)11-7-14-10(6-15-11)12(13)17/h6-7,9H,2-5,8H2,1H3,(H2,13,17). The van der Waals surface area contributed by atoms with Gasteiger partial charge in [-0.3, -0.25) is 0 Å². The zero-order valence-electron chi connectivity index (χ0n) is 10.1. The molecular weight excluding hydrogens is 232 g/mol. The Kier molecular flexibility index (Phi) is 3.89. The van der Waals surface area contributed by atoms with Gasteiger partial charge in [-0.1, -0.05) is 19.1 Å². The van der Waals surface area contributed by atoms with E-state index >= 15 is 0 Å². The van der Waals surface area contributed by atoms with E-state index in [-0.39, 0.29) is 0 Å². The lowest BCUT2D eigenvalue weighted by Gasteiger charge is -2.22. The smallest absolute Gasteiger partial charge is 0.147 e. The number of rotatable bonds is 6. The first-order valence-corrected chi connectivity index (χ1v) is 6.48. The first kappa shape index (κ1) is 12.2. The van der Waals surface area contributed by atoms with Gasteiger partial charge < -0.3 is 10.6 Å². The molecule has 2 N–H and O–H groups in total. The lowest BCUT2D eigenvalue weighted by Crippen LogP contribution is -2.27. The summed E-state index contributed by atoms with van der Waals surface area (Å²) in [6.07, 6.45) is 7.24. The Morgan fingerprint density at radius 2 is 2.24 bits per heavy atom. The van der Waals surface area contributed by atoms with E-state index < -0.39 is 0 Å². The highest BCUT2D eigenvalue weighted by Gasteiger charge is 2.24. The molecule has 1 heterocycles. The van der Waals surface area contributed by atoms with Gasteiger partial charge >= 0.3 is 0 Å². The maximum atomic E-state index is 5.50. The normalized spacial score (nSPS) is 14.6. The van der Waals surface area contributed by atoms with Gasteiger partial charge in [0.2, 0.25) is 0 Å². The number of anilines is 1. The molecule has 1 aromatic rings. The Hall–Kier alpha value is -1.23. The summed E-state index contributed by atoms with van der Waals surface area (Å²) in [5.41, 5.74) is 6.09. The number of hydrogen-bond donors (Lipinski definition) is 1. The van der Waals surface area contributed by atoms with Crippen molar-refractivity contribution in [3.8, 4) is 0 Å². The van der Waals surface area contributed by atoms with Crippen molar-refractivity contribution in [2.75, 3.05) is 18.0 Å². The van der Waals surface area contributed by atoms with Crippen LogP contribution in [0.1, 0.15) is 31.9 Å². The molecule has 4 nitrogen and oxygen atoms in total. The minimum Gasteiger partial charge on any atom is -0.388 e. The van der Waals surface area contributed by atoms with Crippen LogP contribution in [0, 0.1) is 5.92 Å². The van der Waals surface area contributed by atoms with Crippen molar-refractivity contribution in [1.29, 1.82) is 0 Å². The Labute approximate surface area is 107 Å². The lowest BCUT2D eigenvalue weighted by atomic mass is 10.3. The Morgan fingerprint density at radius 3 is 2.71 bits per heavy atom. The van der Waals surface area contributed by atoms with Gasteiger partial charge in [0.1, 0.15) is 16.5 Å². The summed E-state index contributed by atoms with van der Waals surface area (Å²) in [5.74, 6) is 1.78. The van der Waals surface area contributed by atoms with Crippen LogP contribution in [0.2, 0.25) is 0 Å². The zero-order chi connectivity index (χ0) is 12.3. The van der Waals surface area contributed by atoms with Gasteiger partial charge in [-0.2, -0.15) is 0 Å². The summed E-state index contributed by atoms with van der Waals surface area (Å²) in [6.45, 7) is 4.29. The fourth-order valence-electron chi connectivity index (χ4n) is 1.79. The third-order valence-electron chi connectivity index (χ3n) is 2.88. The molecule has 1 aliphatic carbocycles. The van der Waals surface area contributed by atoms with Crippen molar-refractivity contribution in [2.45, 2.75) is 26.2 Å². The molecule has 0 aliphatic heterocycles. The molecule has 17 heavy (non-hydrogen) atoms. The second-order valence-corrected chi connectivity index (χ2v) is 4.95. The first-order chi connectivity index (χ1) is 8.20. The summed E-state index contributed by atoms with van der Waals surface area (Å²) >= 11 is 4.86. The average molecular weight is 250 g/mol. The second kappa shape index (κ2) is 5.40. The summed E-state index contributed by atoms with van der Waals surface area (Å²) in [4.78, 5) is 11.2. The zero-order valence-corrected chi connectivity index (χ0v) is 10.9. The van der Waals surface area contributed by atoms with Crippen LogP contribution in [0.3, 0.4) is 0 Å². The fourth-order valence-corrected chi connectivity index (χ4v) is 1.90. The Balaban J connectivity index is 2.08. The van der Waals surface area contributed by atoms with E-state index in [2.05, 4.69) is 21.8 Å². The Bertz CT molecular complexity index is 386. The van der Waals surface area contributed by atoms with E-state index in [0.717, 1.165) is 31.2 Å². The average Bonchev–Trinajstić information content (AvgIpc) is 3.13. The molecule has 1 aromatic heterocycles. The molecule has 1 saturated carbocycles. The van der Waals surface area contributed by atoms with Crippen LogP contribution >= 0.6 is 12.2 Å². The third kappa shape index (κ3) is 3.36. The largest absolute Gasteiger partial charge is 0.388 e. The summed E-state index contributed by atoms with van der Waals surface area (Å²) in [6, 6.07) is 0. The molecule has 0 atom stereocenters. The van der Waals surface area contributed by atoms with Crippen LogP contribution in [0.4, 0.5) is 5.82 Å². The lowest BCUT2D eigenvalue weighted by molar-refractivity contribution is 0.697. The quantitative estimate of drug-likeness (QED) is 0.779. The van der Waals surface area contributed by atoms with Crippen LogP contribution in [-0.2, 0) is 0 Å². The van der Waals surface area contributed by atoms with Gasteiger partial charge in [-0.15, -0.1) is 0 Å². The van der Waals surface area contributed by atoms with Crippen molar-refractivity contribution in [2.24, 2.45) is 11.7 Å². The topological polar surface area (TPSA) is 55.0 Å².